The van der Waals surface area contributed by atoms with Crippen molar-refractivity contribution in [3.63, 3.8) is 0 Å². The zero-order valence-electron chi connectivity index (χ0n) is 8.61. The monoisotopic (exact) mass is 212 g/mol. The average molecular weight is 212 g/mol. The molecule has 6 nitrogen and oxygen atoms in total. The number of nitrogens with one attached hydrogen (secondary N) is 1. The molecule has 2 rings (SSSR count). The first-order chi connectivity index (χ1) is 7.34. The van der Waals surface area contributed by atoms with Crippen molar-refractivity contribution in [2.24, 2.45) is 0 Å². The Morgan fingerprint density at radius 2 is 2.33 bits per heavy atom. The van der Waals surface area contributed by atoms with Crippen LogP contribution in [0.4, 0.5) is 12.0 Å². The number of rotatable bonds is 4. The van der Waals surface area contributed by atoms with Gasteiger partial charge in [0.15, 0.2) is 0 Å². The summed E-state index contributed by atoms with van der Waals surface area (Å²) in [7, 11) is 0. The van der Waals surface area contributed by atoms with Crippen LogP contribution >= 0.6 is 0 Å². The molecule has 15 heavy (non-hydrogen) atoms. The standard InChI is InChI=1S/C9H16N4O2/c10-8-12-13-9(15-8)11-5-4-7-3-1-2-6-14-7/h7H,1-6H2,(H2,10,12)(H,11,13). The number of anilines is 2. The molecule has 0 aliphatic carbocycles. The molecule has 1 aliphatic rings. The summed E-state index contributed by atoms with van der Waals surface area (Å²) in [6, 6.07) is 0.467. The molecule has 0 saturated carbocycles. The molecule has 1 saturated heterocycles. The lowest BCUT2D eigenvalue weighted by atomic mass is 10.1. The molecule has 84 valence electrons. The Kier molecular flexibility index (Phi) is 3.39. The Morgan fingerprint density at radius 1 is 1.40 bits per heavy atom. The minimum absolute atomic E-state index is 0.0893. The van der Waals surface area contributed by atoms with E-state index in [2.05, 4.69) is 15.5 Å². The smallest absolute Gasteiger partial charge is 0.316 e. The number of aromatic nitrogens is 2. The molecule has 1 unspecified atom stereocenters. The fraction of sp³-hybridized carbons (Fsp3) is 0.778. The van der Waals surface area contributed by atoms with Crippen molar-refractivity contribution in [3.05, 3.63) is 0 Å². The van der Waals surface area contributed by atoms with E-state index in [0.717, 1.165) is 26.0 Å². The molecule has 1 aliphatic heterocycles. The molecule has 6 heteroatoms. The molecule has 1 aromatic rings. The van der Waals surface area contributed by atoms with E-state index in [4.69, 9.17) is 14.9 Å². The lowest BCUT2D eigenvalue weighted by Gasteiger charge is -2.22. The van der Waals surface area contributed by atoms with Gasteiger partial charge in [-0.05, 0) is 25.7 Å². The number of hydrogen-bond acceptors (Lipinski definition) is 6. The maximum absolute atomic E-state index is 5.59. The zero-order chi connectivity index (χ0) is 10.5. The molecule has 0 radical (unpaired) electrons. The van der Waals surface area contributed by atoms with E-state index in [-0.39, 0.29) is 6.01 Å². The number of nitrogens with zero attached hydrogens (tertiary/aromatic N) is 2. The first-order valence-corrected chi connectivity index (χ1v) is 5.29. The Balaban J connectivity index is 1.65. The molecule has 3 N–H and O–H groups in total. The summed E-state index contributed by atoms with van der Waals surface area (Å²) in [6.45, 7) is 1.66. The molecule has 2 heterocycles. The van der Waals surface area contributed by atoms with Crippen LogP contribution in [0.25, 0.3) is 0 Å². The van der Waals surface area contributed by atoms with Gasteiger partial charge in [0.25, 0.3) is 0 Å². The zero-order valence-corrected chi connectivity index (χ0v) is 8.61. The Hall–Kier alpha value is -1.30. The predicted octanol–water partition coefficient (Wildman–Crippen LogP) is 1.02. The topological polar surface area (TPSA) is 86.2 Å². The summed E-state index contributed by atoms with van der Waals surface area (Å²) in [5, 5.41) is 10.3. The number of nitrogen functional groups attached to an aromatic ring is 1. The number of hydrogen-bond donors (Lipinski definition) is 2. The third kappa shape index (κ3) is 3.09. The molecule has 1 fully saturated rings. The highest BCUT2D eigenvalue weighted by Crippen LogP contribution is 2.15. The van der Waals surface area contributed by atoms with Crippen molar-refractivity contribution in [1.82, 2.24) is 10.2 Å². The summed E-state index contributed by atoms with van der Waals surface area (Å²) in [4.78, 5) is 0. The van der Waals surface area contributed by atoms with Crippen LogP contribution in [0.15, 0.2) is 4.42 Å². The highest BCUT2D eigenvalue weighted by molar-refractivity contribution is 5.22. The van der Waals surface area contributed by atoms with Crippen molar-refractivity contribution >= 4 is 12.0 Å². The van der Waals surface area contributed by atoms with Gasteiger partial charge < -0.3 is 20.2 Å². The second kappa shape index (κ2) is 4.97. The Morgan fingerprint density at radius 3 is 3.00 bits per heavy atom. The molecular formula is C9H16N4O2. The van der Waals surface area contributed by atoms with Gasteiger partial charge >= 0.3 is 12.0 Å². The van der Waals surface area contributed by atoms with Crippen LogP contribution in [0.3, 0.4) is 0 Å². The number of nitrogens with two attached hydrogens (primary N) is 1. The van der Waals surface area contributed by atoms with Crippen LogP contribution in [0.5, 0.6) is 0 Å². The third-order valence-corrected chi connectivity index (χ3v) is 2.46. The van der Waals surface area contributed by atoms with Gasteiger partial charge in [0, 0.05) is 13.2 Å². The van der Waals surface area contributed by atoms with Crippen molar-refractivity contribution in [2.75, 3.05) is 24.2 Å². The molecular weight excluding hydrogens is 196 g/mol. The lowest BCUT2D eigenvalue weighted by Crippen LogP contribution is -2.22. The molecule has 1 aromatic heterocycles. The first-order valence-electron chi connectivity index (χ1n) is 5.29. The normalized spacial score (nSPS) is 21.5. The van der Waals surface area contributed by atoms with Gasteiger partial charge in [-0.3, -0.25) is 0 Å². The lowest BCUT2D eigenvalue weighted by molar-refractivity contribution is 0.0134. The van der Waals surface area contributed by atoms with Crippen molar-refractivity contribution in [1.29, 1.82) is 0 Å². The fourth-order valence-corrected chi connectivity index (χ4v) is 1.68. The van der Waals surface area contributed by atoms with E-state index in [0.29, 0.717) is 12.1 Å². The van der Waals surface area contributed by atoms with Crippen molar-refractivity contribution in [3.8, 4) is 0 Å². The van der Waals surface area contributed by atoms with Gasteiger partial charge in [0.2, 0.25) is 0 Å². The average Bonchev–Trinajstić information content (AvgIpc) is 2.66. The molecule has 0 bridgehead atoms. The SMILES string of the molecule is Nc1nnc(NCCC2CCCCO2)o1. The first kappa shape index (κ1) is 10.2. The van der Waals surface area contributed by atoms with E-state index < -0.39 is 0 Å². The van der Waals surface area contributed by atoms with Gasteiger partial charge in [-0.2, -0.15) is 0 Å². The van der Waals surface area contributed by atoms with Gasteiger partial charge in [-0.25, -0.2) is 0 Å². The Bertz CT molecular complexity index is 296. The summed E-state index contributed by atoms with van der Waals surface area (Å²) in [5.41, 5.74) is 5.29. The predicted molar refractivity (Wildman–Crippen MR) is 55.4 cm³/mol. The van der Waals surface area contributed by atoms with Crippen molar-refractivity contribution < 1.29 is 9.15 Å². The van der Waals surface area contributed by atoms with Crippen LogP contribution in [0.2, 0.25) is 0 Å². The highest BCUT2D eigenvalue weighted by Gasteiger charge is 2.13. The number of ether oxygens (including phenoxy) is 1. The Labute approximate surface area is 88.2 Å². The fourth-order valence-electron chi connectivity index (χ4n) is 1.68. The van der Waals surface area contributed by atoms with Gasteiger partial charge in [-0.1, -0.05) is 10.2 Å². The summed E-state index contributed by atoms with van der Waals surface area (Å²) < 4.78 is 10.6. The second-order valence-corrected chi connectivity index (χ2v) is 3.65. The van der Waals surface area contributed by atoms with Gasteiger partial charge in [0.05, 0.1) is 6.10 Å². The molecule has 1 atom stereocenters. The second-order valence-electron chi connectivity index (χ2n) is 3.65. The van der Waals surface area contributed by atoms with E-state index in [9.17, 15) is 0 Å². The maximum Gasteiger partial charge on any atom is 0.316 e. The van der Waals surface area contributed by atoms with E-state index in [1.807, 2.05) is 0 Å². The molecule has 0 aromatic carbocycles. The summed E-state index contributed by atoms with van der Waals surface area (Å²) >= 11 is 0. The van der Waals surface area contributed by atoms with E-state index in [1.54, 1.807) is 0 Å². The van der Waals surface area contributed by atoms with Crippen LogP contribution < -0.4 is 11.1 Å². The van der Waals surface area contributed by atoms with E-state index in [1.165, 1.54) is 12.8 Å². The van der Waals surface area contributed by atoms with Crippen LogP contribution in [0, 0.1) is 0 Å². The van der Waals surface area contributed by atoms with Crippen LogP contribution in [-0.4, -0.2) is 29.5 Å². The molecule has 0 spiro atoms. The molecule has 0 amide bonds. The quantitative estimate of drug-likeness (QED) is 0.775. The van der Waals surface area contributed by atoms with Crippen LogP contribution in [0.1, 0.15) is 25.7 Å². The van der Waals surface area contributed by atoms with Gasteiger partial charge in [-0.15, -0.1) is 0 Å². The van der Waals surface area contributed by atoms with Crippen LogP contribution in [-0.2, 0) is 4.74 Å². The van der Waals surface area contributed by atoms with Gasteiger partial charge in [0.1, 0.15) is 0 Å². The summed E-state index contributed by atoms with van der Waals surface area (Å²) in [6.07, 6.45) is 4.92. The van der Waals surface area contributed by atoms with E-state index >= 15 is 0 Å². The van der Waals surface area contributed by atoms with Crippen molar-refractivity contribution in [2.45, 2.75) is 31.8 Å². The highest BCUT2D eigenvalue weighted by atomic mass is 16.5. The maximum atomic E-state index is 5.59. The minimum Gasteiger partial charge on any atom is -0.390 e. The largest absolute Gasteiger partial charge is 0.390 e. The minimum atomic E-state index is 0.0893. The summed E-state index contributed by atoms with van der Waals surface area (Å²) in [5.74, 6) is 0. The third-order valence-electron chi connectivity index (χ3n) is 2.46.